The normalized spacial score (nSPS) is 10.5. The van der Waals surface area contributed by atoms with Crippen LogP contribution in [0.4, 0.5) is 5.69 Å². The van der Waals surface area contributed by atoms with Gasteiger partial charge in [0.1, 0.15) is 11.5 Å². The van der Waals surface area contributed by atoms with Crippen LogP contribution in [0.3, 0.4) is 0 Å². The number of anilines is 1. The molecule has 0 unspecified atom stereocenters. The number of hydrogen-bond acceptors (Lipinski definition) is 5. The van der Waals surface area contributed by atoms with E-state index in [-0.39, 0.29) is 0 Å². The Bertz CT molecular complexity index is 693. The van der Waals surface area contributed by atoms with Gasteiger partial charge in [-0.2, -0.15) is 5.10 Å². The molecule has 0 bridgehead atoms. The van der Waals surface area contributed by atoms with Crippen LogP contribution in [0.5, 0.6) is 5.75 Å². The molecule has 0 aliphatic carbocycles. The number of hydrogen-bond donors (Lipinski definition) is 2. The van der Waals surface area contributed by atoms with Crippen LogP contribution in [0, 0.1) is 6.92 Å². The summed E-state index contributed by atoms with van der Waals surface area (Å²) >= 11 is 0. The van der Waals surface area contributed by atoms with E-state index in [9.17, 15) is 9.59 Å². The van der Waals surface area contributed by atoms with Gasteiger partial charge >= 0.3 is 11.8 Å². The monoisotopic (exact) mass is 301 g/mol. The Hall–Kier alpha value is -3.09. The van der Waals surface area contributed by atoms with Gasteiger partial charge in [0, 0.05) is 0 Å². The number of carbonyl (C=O) groups excluding carboxylic acids is 2. The van der Waals surface area contributed by atoms with Crippen molar-refractivity contribution in [2.45, 2.75) is 6.92 Å². The van der Waals surface area contributed by atoms with Crippen LogP contribution in [0.1, 0.15) is 11.3 Å². The predicted octanol–water partition coefficient (Wildman–Crippen LogP) is 1.69. The van der Waals surface area contributed by atoms with Crippen LogP contribution in [0.25, 0.3) is 0 Å². The fourth-order valence-electron chi connectivity index (χ4n) is 1.67. The summed E-state index contributed by atoms with van der Waals surface area (Å²) in [5, 5.41) is 6.10. The van der Waals surface area contributed by atoms with E-state index in [1.54, 1.807) is 24.3 Å². The van der Waals surface area contributed by atoms with Crippen LogP contribution in [0.15, 0.2) is 46.1 Å². The average molecular weight is 301 g/mol. The molecule has 0 aliphatic rings. The van der Waals surface area contributed by atoms with Gasteiger partial charge in [-0.15, -0.1) is 0 Å². The van der Waals surface area contributed by atoms with Crippen molar-refractivity contribution in [1.29, 1.82) is 0 Å². The molecule has 2 rings (SSSR count). The Kier molecular flexibility index (Phi) is 4.92. The fourth-order valence-corrected chi connectivity index (χ4v) is 1.67. The van der Waals surface area contributed by atoms with Gasteiger partial charge in [-0.1, -0.05) is 6.07 Å². The number of aryl methyl sites for hydroxylation is 1. The fraction of sp³-hybridized carbons (Fsp3) is 0.133. The Morgan fingerprint density at radius 2 is 2.09 bits per heavy atom. The quantitative estimate of drug-likeness (QED) is 0.510. The number of ether oxygens (including phenoxy) is 1. The van der Waals surface area contributed by atoms with Crippen molar-refractivity contribution >= 4 is 23.7 Å². The third-order valence-corrected chi connectivity index (χ3v) is 2.71. The summed E-state index contributed by atoms with van der Waals surface area (Å²) in [6.07, 6.45) is 2.76. The SMILES string of the molecule is COc1ccc(C)cc1NC(=O)C(=O)N/N=C\c1ccco1. The van der Waals surface area contributed by atoms with Crippen LogP contribution in [0.2, 0.25) is 0 Å². The van der Waals surface area contributed by atoms with Gasteiger partial charge in [0.25, 0.3) is 0 Å². The lowest BCUT2D eigenvalue weighted by Gasteiger charge is -2.10. The van der Waals surface area contributed by atoms with Crippen LogP contribution in [-0.4, -0.2) is 25.1 Å². The first-order valence-corrected chi connectivity index (χ1v) is 6.42. The minimum atomic E-state index is -0.897. The zero-order chi connectivity index (χ0) is 15.9. The van der Waals surface area contributed by atoms with E-state index in [2.05, 4.69) is 15.8 Å². The van der Waals surface area contributed by atoms with Crippen LogP contribution >= 0.6 is 0 Å². The number of nitrogens with zero attached hydrogens (tertiary/aromatic N) is 1. The number of amides is 2. The molecule has 0 saturated carbocycles. The highest BCUT2D eigenvalue weighted by Crippen LogP contribution is 2.24. The lowest BCUT2D eigenvalue weighted by Crippen LogP contribution is -2.32. The van der Waals surface area contributed by atoms with Gasteiger partial charge in [0.05, 0.1) is 25.3 Å². The van der Waals surface area contributed by atoms with E-state index in [0.717, 1.165) is 5.56 Å². The molecule has 0 saturated heterocycles. The van der Waals surface area contributed by atoms with Gasteiger partial charge in [-0.05, 0) is 36.8 Å². The number of rotatable bonds is 4. The molecule has 0 radical (unpaired) electrons. The zero-order valence-electron chi connectivity index (χ0n) is 12.1. The third kappa shape index (κ3) is 3.95. The number of hydrazone groups is 1. The summed E-state index contributed by atoms with van der Waals surface area (Å²) in [7, 11) is 1.48. The number of carbonyl (C=O) groups is 2. The molecule has 7 nitrogen and oxygen atoms in total. The molecule has 0 spiro atoms. The molecule has 1 aromatic heterocycles. The predicted molar refractivity (Wildman–Crippen MR) is 80.8 cm³/mol. The highest BCUT2D eigenvalue weighted by atomic mass is 16.5. The van der Waals surface area contributed by atoms with Crippen molar-refractivity contribution in [2.75, 3.05) is 12.4 Å². The van der Waals surface area contributed by atoms with E-state index in [1.807, 2.05) is 13.0 Å². The smallest absolute Gasteiger partial charge is 0.329 e. The van der Waals surface area contributed by atoms with Gasteiger partial charge in [-0.3, -0.25) is 9.59 Å². The minimum absolute atomic E-state index is 0.415. The molecule has 2 N–H and O–H groups in total. The van der Waals surface area contributed by atoms with E-state index in [4.69, 9.17) is 9.15 Å². The maximum atomic E-state index is 11.8. The molecule has 0 fully saturated rings. The first kappa shape index (κ1) is 15.3. The molecule has 0 aliphatic heterocycles. The van der Waals surface area contributed by atoms with Gasteiger partial charge in [-0.25, -0.2) is 5.43 Å². The average Bonchev–Trinajstić information content (AvgIpc) is 3.00. The Labute approximate surface area is 127 Å². The number of benzene rings is 1. The van der Waals surface area contributed by atoms with Crippen molar-refractivity contribution in [1.82, 2.24) is 5.43 Å². The lowest BCUT2D eigenvalue weighted by atomic mass is 10.2. The van der Waals surface area contributed by atoms with E-state index in [1.165, 1.54) is 19.6 Å². The molecular weight excluding hydrogens is 286 g/mol. The zero-order valence-corrected chi connectivity index (χ0v) is 12.1. The molecule has 2 amide bonds. The number of nitrogens with one attached hydrogen (secondary N) is 2. The van der Waals surface area contributed by atoms with Crippen molar-refractivity contribution in [3.63, 3.8) is 0 Å². The highest BCUT2D eigenvalue weighted by molar-refractivity contribution is 6.39. The van der Waals surface area contributed by atoms with Crippen molar-refractivity contribution in [3.05, 3.63) is 47.9 Å². The van der Waals surface area contributed by atoms with Crippen LogP contribution < -0.4 is 15.5 Å². The first-order chi connectivity index (χ1) is 10.6. The first-order valence-electron chi connectivity index (χ1n) is 6.42. The standard InChI is InChI=1S/C15H15N3O4/c1-10-5-6-13(21-2)12(8-10)17-14(19)15(20)18-16-9-11-4-3-7-22-11/h3-9H,1-2H3,(H,17,19)(H,18,20)/b16-9-. The maximum absolute atomic E-state index is 11.8. The molecule has 1 heterocycles. The van der Waals surface area contributed by atoms with E-state index in [0.29, 0.717) is 17.2 Å². The number of furan rings is 1. The summed E-state index contributed by atoms with van der Waals surface area (Å²) in [6.45, 7) is 1.86. The molecule has 114 valence electrons. The second-order valence-electron chi connectivity index (χ2n) is 4.37. The Balaban J connectivity index is 1.97. The van der Waals surface area contributed by atoms with Crippen molar-refractivity contribution in [2.24, 2.45) is 5.10 Å². The topological polar surface area (TPSA) is 92.9 Å². The highest BCUT2D eigenvalue weighted by Gasteiger charge is 2.15. The van der Waals surface area contributed by atoms with Gasteiger partial charge < -0.3 is 14.5 Å². The minimum Gasteiger partial charge on any atom is -0.495 e. The molecule has 7 heteroatoms. The summed E-state index contributed by atoms with van der Waals surface area (Å²) in [5.74, 6) is -0.821. The van der Waals surface area contributed by atoms with Crippen LogP contribution in [-0.2, 0) is 9.59 Å². The molecular formula is C15H15N3O4. The molecule has 1 aromatic carbocycles. The molecule has 22 heavy (non-hydrogen) atoms. The maximum Gasteiger partial charge on any atom is 0.329 e. The summed E-state index contributed by atoms with van der Waals surface area (Å²) < 4.78 is 10.1. The second kappa shape index (κ2) is 7.07. The number of methoxy groups -OCH3 is 1. The van der Waals surface area contributed by atoms with E-state index < -0.39 is 11.8 Å². The summed E-state index contributed by atoms with van der Waals surface area (Å²) in [4.78, 5) is 23.5. The van der Waals surface area contributed by atoms with Crippen molar-refractivity contribution < 1.29 is 18.7 Å². The third-order valence-electron chi connectivity index (χ3n) is 2.71. The molecule has 2 aromatic rings. The lowest BCUT2D eigenvalue weighted by molar-refractivity contribution is -0.136. The Morgan fingerprint density at radius 3 is 2.77 bits per heavy atom. The summed E-state index contributed by atoms with van der Waals surface area (Å²) in [5.41, 5.74) is 3.45. The van der Waals surface area contributed by atoms with Gasteiger partial charge in [0.15, 0.2) is 0 Å². The summed E-state index contributed by atoms with van der Waals surface area (Å²) in [6, 6.07) is 8.59. The Morgan fingerprint density at radius 1 is 1.27 bits per heavy atom. The largest absolute Gasteiger partial charge is 0.495 e. The van der Waals surface area contributed by atoms with Crippen molar-refractivity contribution in [3.8, 4) is 5.75 Å². The molecule has 0 atom stereocenters. The second-order valence-corrected chi connectivity index (χ2v) is 4.37. The van der Waals surface area contributed by atoms with E-state index >= 15 is 0 Å². The van der Waals surface area contributed by atoms with Gasteiger partial charge in [0.2, 0.25) is 0 Å².